The van der Waals surface area contributed by atoms with Gasteiger partial charge < -0.3 is 14.2 Å². The molecule has 6 nitrogen and oxygen atoms in total. The summed E-state index contributed by atoms with van der Waals surface area (Å²) in [6.45, 7) is 5.71. The van der Waals surface area contributed by atoms with Gasteiger partial charge in [0, 0.05) is 18.4 Å². The predicted molar refractivity (Wildman–Crippen MR) is 86.3 cm³/mol. The van der Waals surface area contributed by atoms with Crippen LogP contribution in [0.3, 0.4) is 0 Å². The van der Waals surface area contributed by atoms with Gasteiger partial charge in [0.25, 0.3) is 0 Å². The Labute approximate surface area is 154 Å². The van der Waals surface area contributed by atoms with Crippen molar-refractivity contribution < 1.29 is 46.2 Å². The molecule has 0 spiro atoms. The van der Waals surface area contributed by atoms with Crippen LogP contribution in [0, 0.1) is 0 Å². The van der Waals surface area contributed by atoms with Crippen LogP contribution in [0.2, 0.25) is 0 Å². The first kappa shape index (κ1) is 24.9. The monoisotopic (exact) mass is 400 g/mol. The minimum Gasteiger partial charge on any atom is -0.458 e. The third-order valence-electron chi connectivity index (χ3n) is 3.15. The summed E-state index contributed by atoms with van der Waals surface area (Å²) >= 11 is 0. The Morgan fingerprint density at radius 3 is 1.78 bits per heavy atom. The second-order valence-corrected chi connectivity index (χ2v) is 5.91. The SMILES string of the molecule is C=C(C)C(=O)OCC(COC(=O)C(F)(F)CCC)OC(=O)C(F)(F)CCC. The molecule has 1 unspecified atom stereocenters. The van der Waals surface area contributed by atoms with Gasteiger partial charge in [-0.2, -0.15) is 17.6 Å². The normalized spacial score (nSPS) is 12.9. The van der Waals surface area contributed by atoms with E-state index in [1.807, 2.05) is 0 Å². The highest BCUT2D eigenvalue weighted by Gasteiger charge is 2.42. The second-order valence-electron chi connectivity index (χ2n) is 5.91. The lowest BCUT2D eigenvalue weighted by Gasteiger charge is -2.22. The molecule has 0 N–H and O–H groups in total. The van der Waals surface area contributed by atoms with E-state index in [1.54, 1.807) is 0 Å². The maximum absolute atomic E-state index is 13.6. The van der Waals surface area contributed by atoms with Gasteiger partial charge in [-0.15, -0.1) is 0 Å². The van der Waals surface area contributed by atoms with E-state index < -0.39 is 61.9 Å². The number of alkyl halides is 4. The molecule has 0 amide bonds. The van der Waals surface area contributed by atoms with E-state index >= 15 is 0 Å². The van der Waals surface area contributed by atoms with Crippen LogP contribution in [0.15, 0.2) is 12.2 Å². The predicted octanol–water partition coefficient (Wildman–Crippen LogP) is 3.43. The third-order valence-corrected chi connectivity index (χ3v) is 3.15. The molecule has 27 heavy (non-hydrogen) atoms. The van der Waals surface area contributed by atoms with Gasteiger partial charge >= 0.3 is 29.8 Å². The van der Waals surface area contributed by atoms with Crippen LogP contribution in [0.4, 0.5) is 17.6 Å². The first-order chi connectivity index (χ1) is 12.4. The fourth-order valence-corrected chi connectivity index (χ4v) is 1.75. The summed E-state index contributed by atoms with van der Waals surface area (Å²) in [7, 11) is 0. The average Bonchev–Trinajstić information content (AvgIpc) is 2.55. The Morgan fingerprint density at radius 2 is 1.33 bits per heavy atom. The van der Waals surface area contributed by atoms with Crippen molar-refractivity contribution in [2.45, 2.75) is 64.4 Å². The van der Waals surface area contributed by atoms with Crippen molar-refractivity contribution in [1.29, 1.82) is 0 Å². The van der Waals surface area contributed by atoms with Crippen LogP contribution >= 0.6 is 0 Å². The van der Waals surface area contributed by atoms with Gasteiger partial charge in [0.1, 0.15) is 13.2 Å². The van der Waals surface area contributed by atoms with E-state index in [-0.39, 0.29) is 18.4 Å². The van der Waals surface area contributed by atoms with Crippen LogP contribution in [-0.4, -0.2) is 49.1 Å². The Balaban J connectivity index is 5.03. The van der Waals surface area contributed by atoms with Crippen molar-refractivity contribution in [2.24, 2.45) is 0 Å². The topological polar surface area (TPSA) is 78.9 Å². The highest BCUT2D eigenvalue weighted by Crippen LogP contribution is 2.24. The lowest BCUT2D eigenvalue weighted by atomic mass is 10.2. The van der Waals surface area contributed by atoms with Crippen molar-refractivity contribution in [3.63, 3.8) is 0 Å². The lowest BCUT2D eigenvalue weighted by Crippen LogP contribution is -2.40. The van der Waals surface area contributed by atoms with Crippen LogP contribution in [0.1, 0.15) is 46.5 Å². The fraction of sp³-hybridized carbons (Fsp3) is 0.706. The Bertz CT molecular complexity index is 548. The van der Waals surface area contributed by atoms with E-state index in [9.17, 15) is 31.9 Å². The summed E-state index contributed by atoms with van der Waals surface area (Å²) in [6, 6.07) is 0. The van der Waals surface area contributed by atoms with Crippen LogP contribution in [-0.2, 0) is 28.6 Å². The maximum Gasteiger partial charge on any atom is 0.377 e. The second kappa shape index (κ2) is 10.9. The number of carbonyl (C=O) groups excluding carboxylic acids is 3. The zero-order valence-electron chi connectivity index (χ0n) is 15.5. The first-order valence-electron chi connectivity index (χ1n) is 8.34. The molecule has 0 saturated heterocycles. The molecule has 0 aliphatic carbocycles. The van der Waals surface area contributed by atoms with Crippen molar-refractivity contribution in [3.8, 4) is 0 Å². The summed E-state index contributed by atoms with van der Waals surface area (Å²) in [5.74, 6) is -12.3. The minimum atomic E-state index is -3.82. The third kappa shape index (κ3) is 8.87. The standard InChI is InChI=1S/C17H24F4O6/c1-5-7-16(18,19)14(23)26-10-12(9-25-13(22)11(3)4)27-15(24)17(20,21)8-6-2/h12H,3,5-10H2,1-2,4H3. The lowest BCUT2D eigenvalue weighted by molar-refractivity contribution is -0.192. The van der Waals surface area contributed by atoms with Crippen molar-refractivity contribution >= 4 is 17.9 Å². The molecular weight excluding hydrogens is 376 g/mol. The number of hydrogen-bond donors (Lipinski definition) is 0. The molecule has 0 bridgehead atoms. The molecule has 0 saturated carbocycles. The maximum atomic E-state index is 13.6. The van der Waals surface area contributed by atoms with Crippen LogP contribution in [0.5, 0.6) is 0 Å². The number of carbonyl (C=O) groups is 3. The number of halogens is 4. The fourth-order valence-electron chi connectivity index (χ4n) is 1.75. The summed E-state index contributed by atoms with van der Waals surface area (Å²) < 4.78 is 67.6. The molecule has 0 rings (SSSR count). The molecule has 0 aliphatic rings. The van der Waals surface area contributed by atoms with Gasteiger partial charge in [-0.3, -0.25) is 0 Å². The van der Waals surface area contributed by atoms with Gasteiger partial charge in [0.2, 0.25) is 0 Å². The number of ether oxygens (including phenoxy) is 3. The zero-order chi connectivity index (χ0) is 21.3. The zero-order valence-corrected chi connectivity index (χ0v) is 15.5. The summed E-state index contributed by atoms with van der Waals surface area (Å²) in [6.07, 6.45) is -3.26. The molecule has 0 heterocycles. The summed E-state index contributed by atoms with van der Waals surface area (Å²) in [5, 5.41) is 0. The number of hydrogen-bond acceptors (Lipinski definition) is 6. The smallest absolute Gasteiger partial charge is 0.377 e. The van der Waals surface area contributed by atoms with E-state index in [4.69, 9.17) is 0 Å². The van der Waals surface area contributed by atoms with Crippen molar-refractivity contribution in [1.82, 2.24) is 0 Å². The van der Waals surface area contributed by atoms with Gasteiger partial charge in [-0.1, -0.05) is 20.4 Å². The van der Waals surface area contributed by atoms with Crippen LogP contribution in [0.25, 0.3) is 0 Å². The van der Waals surface area contributed by atoms with Gasteiger partial charge in [-0.25, -0.2) is 14.4 Å². The van der Waals surface area contributed by atoms with Gasteiger partial charge in [-0.05, 0) is 19.8 Å². The molecule has 10 heteroatoms. The molecule has 156 valence electrons. The number of rotatable bonds is 12. The molecule has 0 aliphatic heterocycles. The van der Waals surface area contributed by atoms with E-state index in [2.05, 4.69) is 20.8 Å². The van der Waals surface area contributed by atoms with E-state index in [1.165, 1.54) is 20.8 Å². The van der Waals surface area contributed by atoms with Crippen molar-refractivity contribution in [2.75, 3.05) is 13.2 Å². The summed E-state index contributed by atoms with van der Waals surface area (Å²) in [4.78, 5) is 34.4. The molecule has 0 radical (unpaired) electrons. The van der Waals surface area contributed by atoms with Crippen LogP contribution < -0.4 is 0 Å². The first-order valence-corrected chi connectivity index (χ1v) is 8.34. The highest BCUT2D eigenvalue weighted by molar-refractivity contribution is 5.87. The molecule has 1 atom stereocenters. The van der Waals surface area contributed by atoms with E-state index in [0.717, 1.165) is 0 Å². The average molecular weight is 400 g/mol. The quantitative estimate of drug-likeness (QED) is 0.216. The number of esters is 3. The van der Waals surface area contributed by atoms with Gasteiger partial charge in [0.05, 0.1) is 0 Å². The molecular formula is C17H24F4O6. The highest BCUT2D eigenvalue weighted by atomic mass is 19.3. The minimum absolute atomic E-state index is 0.0000206. The Morgan fingerprint density at radius 1 is 0.889 bits per heavy atom. The molecule has 0 aromatic rings. The molecule has 0 fully saturated rings. The molecule has 0 aromatic carbocycles. The Kier molecular flexibility index (Phi) is 10.0. The Hall–Kier alpha value is -2.13. The largest absolute Gasteiger partial charge is 0.458 e. The van der Waals surface area contributed by atoms with Gasteiger partial charge in [0.15, 0.2) is 6.10 Å². The summed E-state index contributed by atoms with van der Waals surface area (Å²) in [5.41, 5.74) is -0.0251. The molecule has 0 aromatic heterocycles. The van der Waals surface area contributed by atoms with Crippen molar-refractivity contribution in [3.05, 3.63) is 12.2 Å². The van der Waals surface area contributed by atoms with E-state index in [0.29, 0.717) is 0 Å².